The predicted molar refractivity (Wildman–Crippen MR) is 68.7 cm³/mol. The summed E-state index contributed by atoms with van der Waals surface area (Å²) < 4.78 is 5.24. The first-order valence-corrected chi connectivity index (χ1v) is 5.73. The number of carbonyl (C=O) groups excluding carboxylic acids is 1. The van der Waals surface area contributed by atoms with Crippen LogP contribution in [0.25, 0.3) is 0 Å². The Labute approximate surface area is 103 Å². The van der Waals surface area contributed by atoms with E-state index in [0.717, 1.165) is 5.56 Å². The molecule has 1 amide bonds. The molecule has 0 heterocycles. The Morgan fingerprint density at radius 3 is 2.59 bits per heavy atom. The number of hydrogen-bond donors (Lipinski definition) is 0. The Morgan fingerprint density at radius 1 is 1.41 bits per heavy atom. The van der Waals surface area contributed by atoms with Crippen molar-refractivity contribution < 1.29 is 9.53 Å². The van der Waals surface area contributed by atoms with E-state index in [1.165, 1.54) is 0 Å². The van der Waals surface area contributed by atoms with Gasteiger partial charge in [-0.05, 0) is 19.4 Å². The van der Waals surface area contributed by atoms with Gasteiger partial charge in [-0.1, -0.05) is 36.4 Å². The van der Waals surface area contributed by atoms with E-state index in [9.17, 15) is 4.79 Å². The maximum absolute atomic E-state index is 11.8. The number of nitrogens with zero attached hydrogens (tertiary/aromatic N) is 1. The third kappa shape index (κ3) is 4.31. The molecule has 92 valence electrons. The smallest absolute Gasteiger partial charge is 0.410 e. The largest absolute Gasteiger partial charge is 0.445 e. The van der Waals surface area contributed by atoms with Crippen LogP contribution in [0.2, 0.25) is 0 Å². The first-order chi connectivity index (χ1) is 8.15. The van der Waals surface area contributed by atoms with Crippen molar-refractivity contribution in [2.45, 2.75) is 26.5 Å². The highest BCUT2D eigenvalue weighted by molar-refractivity contribution is 5.68. The zero-order valence-corrected chi connectivity index (χ0v) is 10.4. The van der Waals surface area contributed by atoms with Crippen LogP contribution in [-0.2, 0) is 11.3 Å². The highest BCUT2D eigenvalue weighted by atomic mass is 16.6. The maximum atomic E-state index is 11.8. The van der Waals surface area contributed by atoms with Gasteiger partial charge in [-0.2, -0.15) is 0 Å². The molecule has 0 N–H and O–H groups in total. The zero-order chi connectivity index (χ0) is 12.7. The topological polar surface area (TPSA) is 29.5 Å². The van der Waals surface area contributed by atoms with E-state index in [1.807, 2.05) is 44.2 Å². The van der Waals surface area contributed by atoms with Crippen LogP contribution in [0.3, 0.4) is 0 Å². The molecular formula is C14H19NO2. The average Bonchev–Trinajstić information content (AvgIpc) is 2.34. The molecule has 0 aliphatic rings. The van der Waals surface area contributed by atoms with E-state index >= 15 is 0 Å². The van der Waals surface area contributed by atoms with E-state index in [-0.39, 0.29) is 12.1 Å². The van der Waals surface area contributed by atoms with Crippen LogP contribution >= 0.6 is 0 Å². The summed E-state index contributed by atoms with van der Waals surface area (Å²) in [5, 5.41) is 0. The average molecular weight is 233 g/mol. The van der Waals surface area contributed by atoms with E-state index < -0.39 is 0 Å². The fraction of sp³-hybridized carbons (Fsp3) is 0.357. The minimum Gasteiger partial charge on any atom is -0.445 e. The van der Waals surface area contributed by atoms with Gasteiger partial charge in [-0.3, -0.25) is 0 Å². The molecule has 3 heteroatoms. The molecule has 0 fully saturated rings. The molecule has 1 rings (SSSR count). The van der Waals surface area contributed by atoms with Crippen LogP contribution < -0.4 is 0 Å². The van der Waals surface area contributed by atoms with Crippen molar-refractivity contribution in [2.75, 3.05) is 6.54 Å². The van der Waals surface area contributed by atoms with Crippen molar-refractivity contribution in [1.29, 1.82) is 0 Å². The molecular weight excluding hydrogens is 214 g/mol. The van der Waals surface area contributed by atoms with Crippen molar-refractivity contribution in [1.82, 2.24) is 4.90 Å². The molecule has 0 aliphatic carbocycles. The Kier molecular flexibility index (Phi) is 5.27. The summed E-state index contributed by atoms with van der Waals surface area (Å²) in [6.45, 7) is 8.35. The monoisotopic (exact) mass is 233 g/mol. The molecule has 0 saturated heterocycles. The summed E-state index contributed by atoms with van der Waals surface area (Å²) in [7, 11) is 0. The van der Waals surface area contributed by atoms with Gasteiger partial charge in [0.2, 0.25) is 0 Å². The van der Waals surface area contributed by atoms with E-state index in [0.29, 0.717) is 13.2 Å². The fourth-order valence-electron chi connectivity index (χ4n) is 1.44. The van der Waals surface area contributed by atoms with E-state index in [4.69, 9.17) is 4.74 Å². The first kappa shape index (κ1) is 13.3. The molecule has 0 saturated carbocycles. The molecule has 1 aromatic rings. The Balaban J connectivity index is 2.50. The molecule has 0 aromatic heterocycles. The van der Waals surface area contributed by atoms with Gasteiger partial charge in [0.05, 0.1) is 0 Å². The number of hydrogen-bond acceptors (Lipinski definition) is 2. The number of carbonyl (C=O) groups is 1. The lowest BCUT2D eigenvalue weighted by Gasteiger charge is -2.24. The lowest BCUT2D eigenvalue weighted by molar-refractivity contribution is 0.0905. The third-order valence-electron chi connectivity index (χ3n) is 2.39. The third-order valence-corrected chi connectivity index (χ3v) is 2.39. The van der Waals surface area contributed by atoms with Gasteiger partial charge < -0.3 is 9.64 Å². The van der Waals surface area contributed by atoms with Gasteiger partial charge in [0.15, 0.2) is 0 Å². The SMILES string of the molecule is C=CCN(C(=O)OCc1ccccc1)C(C)C. The minimum atomic E-state index is -0.302. The molecule has 0 spiro atoms. The molecule has 17 heavy (non-hydrogen) atoms. The quantitative estimate of drug-likeness (QED) is 0.731. The van der Waals surface area contributed by atoms with Crippen LogP contribution in [0.15, 0.2) is 43.0 Å². The van der Waals surface area contributed by atoms with Crippen LogP contribution in [-0.4, -0.2) is 23.6 Å². The Bertz CT molecular complexity index is 360. The first-order valence-electron chi connectivity index (χ1n) is 5.73. The van der Waals surface area contributed by atoms with Crippen molar-refractivity contribution in [3.8, 4) is 0 Å². The van der Waals surface area contributed by atoms with Crippen molar-refractivity contribution in [2.24, 2.45) is 0 Å². The minimum absolute atomic E-state index is 0.108. The normalized spacial score (nSPS) is 10.1. The maximum Gasteiger partial charge on any atom is 0.410 e. The van der Waals surface area contributed by atoms with Crippen molar-refractivity contribution in [3.63, 3.8) is 0 Å². The van der Waals surface area contributed by atoms with Gasteiger partial charge in [0.25, 0.3) is 0 Å². The summed E-state index contributed by atoms with van der Waals surface area (Å²) in [5.74, 6) is 0. The lowest BCUT2D eigenvalue weighted by atomic mass is 10.2. The second kappa shape index (κ2) is 6.74. The molecule has 3 nitrogen and oxygen atoms in total. The fourth-order valence-corrected chi connectivity index (χ4v) is 1.44. The van der Waals surface area contributed by atoms with Crippen molar-refractivity contribution in [3.05, 3.63) is 48.6 Å². The van der Waals surface area contributed by atoms with Gasteiger partial charge >= 0.3 is 6.09 Å². The summed E-state index contributed by atoms with van der Waals surface area (Å²) in [4.78, 5) is 13.4. The Hall–Kier alpha value is -1.77. The van der Waals surface area contributed by atoms with E-state index in [1.54, 1.807) is 11.0 Å². The van der Waals surface area contributed by atoms with Crippen LogP contribution in [0.5, 0.6) is 0 Å². The summed E-state index contributed by atoms with van der Waals surface area (Å²) in [5.41, 5.74) is 0.989. The summed E-state index contributed by atoms with van der Waals surface area (Å²) in [6.07, 6.45) is 1.40. The van der Waals surface area contributed by atoms with Gasteiger partial charge in [-0.15, -0.1) is 6.58 Å². The highest BCUT2D eigenvalue weighted by Gasteiger charge is 2.16. The number of rotatable bonds is 5. The molecule has 1 aromatic carbocycles. The van der Waals surface area contributed by atoms with Gasteiger partial charge in [-0.25, -0.2) is 4.79 Å². The Morgan fingerprint density at radius 2 is 2.06 bits per heavy atom. The van der Waals surface area contributed by atoms with Crippen LogP contribution in [0.4, 0.5) is 4.79 Å². The van der Waals surface area contributed by atoms with Gasteiger partial charge in [0, 0.05) is 12.6 Å². The molecule has 0 radical (unpaired) electrons. The van der Waals surface area contributed by atoms with Crippen molar-refractivity contribution >= 4 is 6.09 Å². The summed E-state index contributed by atoms with van der Waals surface area (Å²) >= 11 is 0. The van der Waals surface area contributed by atoms with E-state index in [2.05, 4.69) is 6.58 Å². The highest BCUT2D eigenvalue weighted by Crippen LogP contribution is 2.06. The molecule has 0 atom stereocenters. The molecule has 0 bridgehead atoms. The summed E-state index contributed by atoms with van der Waals surface area (Å²) in [6, 6.07) is 9.75. The molecule has 0 aliphatic heterocycles. The molecule has 0 unspecified atom stereocenters. The predicted octanol–water partition coefficient (Wildman–Crippen LogP) is 3.22. The van der Waals surface area contributed by atoms with Gasteiger partial charge in [0.1, 0.15) is 6.61 Å². The standard InChI is InChI=1S/C14H19NO2/c1-4-10-15(12(2)3)14(16)17-11-13-8-6-5-7-9-13/h4-9,12H,1,10-11H2,2-3H3. The zero-order valence-electron chi connectivity index (χ0n) is 10.4. The number of ether oxygens (including phenoxy) is 1. The number of benzene rings is 1. The van der Waals surface area contributed by atoms with Crippen LogP contribution in [0.1, 0.15) is 19.4 Å². The lowest BCUT2D eigenvalue weighted by Crippen LogP contribution is -2.37. The number of amides is 1. The second-order valence-electron chi connectivity index (χ2n) is 4.07. The second-order valence-corrected chi connectivity index (χ2v) is 4.07. The van der Waals surface area contributed by atoms with Crippen LogP contribution in [0, 0.1) is 0 Å².